The predicted molar refractivity (Wildman–Crippen MR) is 112 cm³/mol. The van der Waals surface area contributed by atoms with Crippen LogP contribution in [0.4, 0.5) is 0 Å². The van der Waals surface area contributed by atoms with Gasteiger partial charge in [-0.05, 0) is 68.3 Å². The summed E-state index contributed by atoms with van der Waals surface area (Å²) in [7, 11) is -2.30. The summed E-state index contributed by atoms with van der Waals surface area (Å²) in [5.74, 6) is 0.596. The Morgan fingerprint density at radius 2 is 1.79 bits per heavy atom. The number of benzene rings is 2. The van der Waals surface area contributed by atoms with Crippen molar-refractivity contribution < 1.29 is 17.9 Å². The van der Waals surface area contributed by atoms with Gasteiger partial charge >= 0.3 is 0 Å². The Balaban J connectivity index is 2.14. The van der Waals surface area contributed by atoms with Gasteiger partial charge in [0.25, 0.3) is 10.0 Å². The van der Waals surface area contributed by atoms with Gasteiger partial charge in [-0.3, -0.25) is 0 Å². The number of hydrogen-bond donors (Lipinski definition) is 0. The number of sulfonamides is 1. The molecule has 0 amide bonds. The number of rotatable bonds is 7. The van der Waals surface area contributed by atoms with Gasteiger partial charge in [0.15, 0.2) is 0 Å². The summed E-state index contributed by atoms with van der Waals surface area (Å²) < 4.78 is 43.3. The third-order valence-electron chi connectivity index (χ3n) is 4.52. The molecule has 0 atom stereocenters. The molecule has 3 rings (SSSR count). The fraction of sp³-hybridized carbons (Fsp3) is 0.350. The predicted octanol–water partition coefficient (Wildman–Crippen LogP) is 3.65. The molecule has 6 nitrogen and oxygen atoms in total. The Kier molecular flexibility index (Phi) is 6.22. The lowest BCUT2D eigenvalue weighted by Gasteiger charge is -2.07. The number of fused-ring (bicyclic) bond motifs is 1. The molecular formula is C20H24N2O4S2. The van der Waals surface area contributed by atoms with E-state index in [1.807, 2.05) is 25.3 Å². The molecule has 0 saturated carbocycles. The first kappa shape index (κ1) is 20.6. The van der Waals surface area contributed by atoms with Crippen LogP contribution in [0.2, 0.25) is 0 Å². The van der Waals surface area contributed by atoms with Crippen LogP contribution in [0, 0.1) is 13.8 Å². The summed E-state index contributed by atoms with van der Waals surface area (Å²) >= 11 is 1.37. The van der Waals surface area contributed by atoms with Crippen LogP contribution in [0.15, 0.2) is 45.7 Å². The average Bonchev–Trinajstić information content (AvgIpc) is 2.98. The van der Waals surface area contributed by atoms with Gasteiger partial charge in [0.05, 0.1) is 28.8 Å². The molecule has 28 heavy (non-hydrogen) atoms. The summed E-state index contributed by atoms with van der Waals surface area (Å²) in [6.45, 7) is 7.66. The second-order valence-corrected chi connectivity index (χ2v) is 8.99. The lowest BCUT2D eigenvalue weighted by molar-refractivity contribution is 0.139. The molecule has 3 aromatic rings. The zero-order chi connectivity index (χ0) is 20.3. The quantitative estimate of drug-likeness (QED) is 0.547. The summed E-state index contributed by atoms with van der Waals surface area (Å²) in [5.41, 5.74) is 3.28. The fourth-order valence-corrected chi connectivity index (χ4v) is 5.15. The van der Waals surface area contributed by atoms with Gasteiger partial charge in [-0.25, -0.2) is 0 Å². The molecule has 0 unspecified atom stereocenters. The van der Waals surface area contributed by atoms with Crippen molar-refractivity contribution in [2.75, 3.05) is 20.3 Å². The van der Waals surface area contributed by atoms with Crippen LogP contribution < -0.4 is 9.54 Å². The Labute approximate surface area is 169 Å². The van der Waals surface area contributed by atoms with E-state index in [1.54, 1.807) is 12.1 Å². The Hall–Kier alpha value is -2.16. The van der Waals surface area contributed by atoms with Gasteiger partial charge in [0, 0.05) is 13.2 Å². The van der Waals surface area contributed by atoms with E-state index in [-0.39, 0.29) is 4.90 Å². The number of nitrogens with zero attached hydrogens (tertiary/aromatic N) is 2. The van der Waals surface area contributed by atoms with E-state index in [0.717, 1.165) is 21.3 Å². The first-order valence-corrected chi connectivity index (χ1v) is 11.2. The second kappa shape index (κ2) is 8.46. The number of thiazole rings is 1. The molecule has 0 saturated heterocycles. The number of hydrogen-bond acceptors (Lipinski definition) is 5. The minimum Gasteiger partial charge on any atom is -0.497 e. The van der Waals surface area contributed by atoms with Gasteiger partial charge in [-0.1, -0.05) is 11.3 Å². The van der Waals surface area contributed by atoms with E-state index < -0.39 is 10.0 Å². The number of aromatic nitrogens is 1. The third-order valence-corrected chi connectivity index (χ3v) is 6.96. The first-order valence-electron chi connectivity index (χ1n) is 8.99. The highest BCUT2D eigenvalue weighted by molar-refractivity contribution is 7.90. The lowest BCUT2D eigenvalue weighted by Crippen LogP contribution is -2.20. The van der Waals surface area contributed by atoms with Crippen molar-refractivity contribution >= 4 is 31.6 Å². The van der Waals surface area contributed by atoms with Gasteiger partial charge in [0.1, 0.15) is 5.75 Å². The molecule has 0 N–H and O–H groups in total. The Bertz CT molecular complexity index is 1140. The highest BCUT2D eigenvalue weighted by Crippen LogP contribution is 2.23. The average molecular weight is 421 g/mol. The normalized spacial score (nSPS) is 12.6. The van der Waals surface area contributed by atoms with Gasteiger partial charge in [-0.15, -0.1) is 4.40 Å². The molecule has 2 aromatic carbocycles. The van der Waals surface area contributed by atoms with Crippen molar-refractivity contribution in [1.29, 1.82) is 0 Å². The summed E-state index contributed by atoms with van der Waals surface area (Å²) in [4.78, 5) is 0.574. The van der Waals surface area contributed by atoms with Crippen LogP contribution in [0.1, 0.15) is 18.1 Å². The van der Waals surface area contributed by atoms with E-state index in [1.165, 1.54) is 30.6 Å². The van der Waals surface area contributed by atoms with Crippen molar-refractivity contribution in [3.05, 3.63) is 52.3 Å². The minimum absolute atomic E-state index is 0.134. The lowest BCUT2D eigenvalue weighted by atomic mass is 10.1. The van der Waals surface area contributed by atoms with Gasteiger partial charge < -0.3 is 14.0 Å². The molecule has 0 aliphatic rings. The van der Waals surface area contributed by atoms with E-state index in [9.17, 15) is 8.42 Å². The second-order valence-electron chi connectivity index (χ2n) is 6.38. The molecule has 1 aromatic heterocycles. The van der Waals surface area contributed by atoms with Crippen LogP contribution in [0.3, 0.4) is 0 Å². The van der Waals surface area contributed by atoms with Crippen LogP contribution in [-0.4, -0.2) is 33.3 Å². The molecule has 0 spiro atoms. The zero-order valence-corrected chi connectivity index (χ0v) is 18.1. The largest absolute Gasteiger partial charge is 0.497 e. The van der Waals surface area contributed by atoms with Gasteiger partial charge in [-0.2, -0.15) is 8.42 Å². The standard InChI is InChI=1S/C20H24N2O4S2/c1-5-26-11-10-22-18-12-14(2)15(3)13-19(18)27-20(22)21-28(23,24)17-8-6-16(25-4)7-9-17/h6-9,12-13H,5,10-11H2,1-4H3. The SMILES string of the molecule is CCOCCn1c(=NS(=O)(=O)c2ccc(OC)cc2)sc2cc(C)c(C)cc21. The maximum Gasteiger partial charge on any atom is 0.285 e. The molecule has 1 heterocycles. The smallest absolute Gasteiger partial charge is 0.285 e. The van der Waals surface area contributed by atoms with Crippen molar-refractivity contribution in [3.8, 4) is 5.75 Å². The molecule has 0 aliphatic heterocycles. The van der Waals surface area contributed by atoms with E-state index in [0.29, 0.717) is 30.3 Å². The van der Waals surface area contributed by atoms with E-state index in [2.05, 4.69) is 16.5 Å². The highest BCUT2D eigenvalue weighted by atomic mass is 32.2. The monoisotopic (exact) mass is 420 g/mol. The third kappa shape index (κ3) is 4.29. The maximum atomic E-state index is 12.8. The van der Waals surface area contributed by atoms with Crippen molar-refractivity contribution in [2.45, 2.75) is 32.2 Å². The van der Waals surface area contributed by atoms with Gasteiger partial charge in [0.2, 0.25) is 4.80 Å². The molecule has 0 fully saturated rings. The van der Waals surface area contributed by atoms with E-state index >= 15 is 0 Å². The minimum atomic E-state index is -3.84. The Morgan fingerprint density at radius 3 is 2.43 bits per heavy atom. The summed E-state index contributed by atoms with van der Waals surface area (Å²) in [5, 5.41) is 0. The maximum absolute atomic E-state index is 12.8. The Morgan fingerprint density at radius 1 is 1.11 bits per heavy atom. The highest BCUT2D eigenvalue weighted by Gasteiger charge is 2.15. The van der Waals surface area contributed by atoms with Crippen LogP contribution in [0.5, 0.6) is 5.75 Å². The summed E-state index contributed by atoms with van der Waals surface area (Å²) in [6.07, 6.45) is 0. The molecular weight excluding hydrogens is 396 g/mol. The molecule has 0 radical (unpaired) electrons. The zero-order valence-electron chi connectivity index (χ0n) is 16.4. The van der Waals surface area contributed by atoms with E-state index in [4.69, 9.17) is 9.47 Å². The van der Waals surface area contributed by atoms with Crippen LogP contribution in [0.25, 0.3) is 10.2 Å². The summed E-state index contributed by atoms with van der Waals surface area (Å²) in [6, 6.07) is 10.4. The van der Waals surface area contributed by atoms with Crippen LogP contribution in [-0.2, 0) is 21.3 Å². The number of ether oxygens (including phenoxy) is 2. The van der Waals surface area contributed by atoms with Crippen LogP contribution >= 0.6 is 11.3 Å². The van der Waals surface area contributed by atoms with Crippen molar-refractivity contribution in [3.63, 3.8) is 0 Å². The number of aryl methyl sites for hydroxylation is 2. The fourth-order valence-electron chi connectivity index (χ4n) is 2.81. The van der Waals surface area contributed by atoms with Crippen molar-refractivity contribution in [2.24, 2.45) is 4.40 Å². The number of methoxy groups -OCH3 is 1. The van der Waals surface area contributed by atoms with Crippen molar-refractivity contribution in [1.82, 2.24) is 4.57 Å². The topological polar surface area (TPSA) is 69.9 Å². The molecule has 8 heteroatoms. The molecule has 0 aliphatic carbocycles. The first-order chi connectivity index (χ1) is 13.4. The molecule has 150 valence electrons. The molecule has 0 bridgehead atoms.